The molecule has 0 aliphatic rings. The van der Waals surface area contributed by atoms with E-state index in [0.29, 0.717) is 11.2 Å². The Kier molecular flexibility index (Phi) is 3.61. The number of carboxylic acids is 1. The van der Waals surface area contributed by atoms with Crippen LogP contribution in [0.3, 0.4) is 0 Å². The Labute approximate surface area is 109 Å². The standard InChI is InChI=1S/C13H13N3O3/c1-8(12(17)18)15-13(19)16-10-6-2-4-9-5-3-7-14-11(9)10/h2-8H,1H3,(H,17,18)(H2,15,16,19)/t8-/m1/s1. The van der Waals surface area contributed by atoms with E-state index in [9.17, 15) is 9.59 Å². The summed E-state index contributed by atoms with van der Waals surface area (Å²) in [5.41, 5.74) is 1.19. The molecule has 0 spiro atoms. The van der Waals surface area contributed by atoms with Crippen molar-refractivity contribution in [2.45, 2.75) is 13.0 Å². The summed E-state index contributed by atoms with van der Waals surface area (Å²) >= 11 is 0. The molecule has 19 heavy (non-hydrogen) atoms. The van der Waals surface area contributed by atoms with E-state index in [1.54, 1.807) is 24.4 Å². The van der Waals surface area contributed by atoms with Crippen molar-refractivity contribution >= 4 is 28.6 Å². The van der Waals surface area contributed by atoms with E-state index in [1.807, 2.05) is 12.1 Å². The van der Waals surface area contributed by atoms with Gasteiger partial charge in [-0.05, 0) is 19.1 Å². The number of urea groups is 1. The Bertz CT molecular complexity index is 622. The van der Waals surface area contributed by atoms with Crippen molar-refractivity contribution in [3.05, 3.63) is 36.5 Å². The molecule has 2 rings (SSSR count). The first kappa shape index (κ1) is 12.8. The number of pyridine rings is 1. The third kappa shape index (κ3) is 2.98. The Morgan fingerprint density at radius 1 is 1.26 bits per heavy atom. The van der Waals surface area contributed by atoms with Crippen LogP contribution in [0.4, 0.5) is 10.5 Å². The summed E-state index contributed by atoms with van der Waals surface area (Å²) in [5, 5.41) is 14.5. The van der Waals surface area contributed by atoms with Crippen molar-refractivity contribution in [3.8, 4) is 0 Å². The fourth-order valence-electron chi connectivity index (χ4n) is 1.62. The van der Waals surface area contributed by atoms with E-state index in [0.717, 1.165) is 5.39 Å². The quantitative estimate of drug-likeness (QED) is 0.784. The summed E-state index contributed by atoms with van der Waals surface area (Å²) in [7, 11) is 0. The molecule has 0 aliphatic heterocycles. The Balaban J connectivity index is 2.17. The summed E-state index contributed by atoms with van der Waals surface area (Å²) in [6, 6.07) is 7.53. The lowest BCUT2D eigenvalue weighted by molar-refractivity contribution is -0.138. The van der Waals surface area contributed by atoms with Gasteiger partial charge in [0.2, 0.25) is 0 Å². The smallest absolute Gasteiger partial charge is 0.325 e. The van der Waals surface area contributed by atoms with Crippen molar-refractivity contribution < 1.29 is 14.7 Å². The Hall–Kier alpha value is -2.63. The first-order valence-electron chi connectivity index (χ1n) is 5.72. The van der Waals surface area contributed by atoms with E-state index < -0.39 is 18.0 Å². The number of amides is 2. The lowest BCUT2D eigenvalue weighted by Gasteiger charge is -2.11. The molecule has 6 heteroatoms. The summed E-state index contributed by atoms with van der Waals surface area (Å²) in [6.07, 6.45) is 1.63. The van der Waals surface area contributed by atoms with Gasteiger partial charge < -0.3 is 15.7 Å². The minimum absolute atomic E-state index is 0.535. The number of anilines is 1. The maximum atomic E-state index is 11.7. The molecule has 0 radical (unpaired) electrons. The molecule has 0 bridgehead atoms. The molecule has 0 fully saturated rings. The van der Waals surface area contributed by atoms with Crippen LogP contribution < -0.4 is 10.6 Å². The number of para-hydroxylation sites is 1. The topological polar surface area (TPSA) is 91.3 Å². The van der Waals surface area contributed by atoms with E-state index in [-0.39, 0.29) is 0 Å². The van der Waals surface area contributed by atoms with E-state index >= 15 is 0 Å². The summed E-state index contributed by atoms with van der Waals surface area (Å²) in [4.78, 5) is 26.5. The van der Waals surface area contributed by atoms with E-state index in [1.165, 1.54) is 6.92 Å². The molecule has 0 unspecified atom stereocenters. The number of rotatable bonds is 3. The highest BCUT2D eigenvalue weighted by atomic mass is 16.4. The van der Waals surface area contributed by atoms with Gasteiger partial charge in [-0.3, -0.25) is 9.78 Å². The molecular formula is C13H13N3O3. The second-order valence-electron chi connectivity index (χ2n) is 4.04. The van der Waals surface area contributed by atoms with Gasteiger partial charge in [-0.25, -0.2) is 4.79 Å². The lowest BCUT2D eigenvalue weighted by atomic mass is 10.2. The van der Waals surface area contributed by atoms with Crippen LogP contribution in [0, 0.1) is 0 Å². The molecule has 1 aromatic carbocycles. The SMILES string of the molecule is C[C@@H](NC(=O)Nc1cccc2cccnc12)C(=O)O. The van der Waals surface area contributed by atoms with Gasteiger partial charge in [-0.1, -0.05) is 18.2 Å². The fraction of sp³-hybridized carbons (Fsp3) is 0.154. The minimum Gasteiger partial charge on any atom is -0.480 e. The second kappa shape index (κ2) is 5.34. The van der Waals surface area contributed by atoms with Gasteiger partial charge in [0.05, 0.1) is 11.2 Å². The minimum atomic E-state index is -1.09. The van der Waals surface area contributed by atoms with Gasteiger partial charge in [-0.2, -0.15) is 0 Å². The normalized spacial score (nSPS) is 11.8. The number of fused-ring (bicyclic) bond motifs is 1. The largest absolute Gasteiger partial charge is 0.480 e. The summed E-state index contributed by atoms with van der Waals surface area (Å²) < 4.78 is 0. The summed E-state index contributed by atoms with van der Waals surface area (Å²) in [6.45, 7) is 1.39. The molecule has 1 atom stereocenters. The van der Waals surface area contributed by atoms with Crippen LogP contribution in [0.2, 0.25) is 0 Å². The molecule has 2 aromatic rings. The van der Waals surface area contributed by atoms with E-state index in [2.05, 4.69) is 15.6 Å². The van der Waals surface area contributed by atoms with Gasteiger partial charge in [0.15, 0.2) is 0 Å². The van der Waals surface area contributed by atoms with Crippen LogP contribution >= 0.6 is 0 Å². The Morgan fingerprint density at radius 2 is 2.00 bits per heavy atom. The number of carbonyl (C=O) groups excluding carboxylic acids is 1. The van der Waals surface area contributed by atoms with Gasteiger partial charge in [-0.15, -0.1) is 0 Å². The number of nitrogens with zero attached hydrogens (tertiary/aromatic N) is 1. The molecule has 6 nitrogen and oxygen atoms in total. The zero-order chi connectivity index (χ0) is 13.8. The zero-order valence-corrected chi connectivity index (χ0v) is 10.3. The van der Waals surface area contributed by atoms with Crippen molar-refractivity contribution in [2.75, 3.05) is 5.32 Å². The number of carboxylic acid groups (broad SMARTS) is 1. The van der Waals surface area contributed by atoms with Crippen molar-refractivity contribution in [1.82, 2.24) is 10.3 Å². The maximum absolute atomic E-state index is 11.7. The van der Waals surface area contributed by atoms with Crippen molar-refractivity contribution in [2.24, 2.45) is 0 Å². The third-order valence-electron chi connectivity index (χ3n) is 2.60. The van der Waals surface area contributed by atoms with Crippen LogP contribution in [0.25, 0.3) is 10.9 Å². The molecule has 0 aliphatic carbocycles. The number of carbonyl (C=O) groups is 2. The average molecular weight is 259 g/mol. The predicted octanol–water partition coefficient (Wildman–Crippen LogP) is 1.83. The monoisotopic (exact) mass is 259 g/mol. The molecule has 0 saturated heterocycles. The number of aromatic nitrogens is 1. The van der Waals surface area contributed by atoms with E-state index in [4.69, 9.17) is 5.11 Å². The van der Waals surface area contributed by atoms with Gasteiger partial charge in [0.1, 0.15) is 6.04 Å². The molecular weight excluding hydrogens is 246 g/mol. The molecule has 3 N–H and O–H groups in total. The number of hydrogen-bond donors (Lipinski definition) is 3. The van der Waals surface area contributed by atoms with Crippen LogP contribution in [0.1, 0.15) is 6.92 Å². The van der Waals surface area contributed by atoms with Crippen LogP contribution in [-0.4, -0.2) is 28.1 Å². The first-order chi connectivity index (χ1) is 9.08. The highest BCUT2D eigenvalue weighted by molar-refractivity contribution is 6.00. The van der Waals surface area contributed by atoms with Crippen molar-refractivity contribution in [1.29, 1.82) is 0 Å². The molecule has 1 aromatic heterocycles. The predicted molar refractivity (Wildman–Crippen MR) is 71.0 cm³/mol. The number of nitrogens with one attached hydrogen (secondary N) is 2. The highest BCUT2D eigenvalue weighted by Gasteiger charge is 2.14. The number of aliphatic carboxylic acids is 1. The van der Waals surface area contributed by atoms with Crippen LogP contribution in [0.15, 0.2) is 36.5 Å². The third-order valence-corrected chi connectivity index (χ3v) is 2.60. The lowest BCUT2D eigenvalue weighted by Crippen LogP contribution is -2.40. The molecule has 98 valence electrons. The fourth-order valence-corrected chi connectivity index (χ4v) is 1.62. The second-order valence-corrected chi connectivity index (χ2v) is 4.04. The van der Waals surface area contributed by atoms with Crippen LogP contribution in [0.5, 0.6) is 0 Å². The highest BCUT2D eigenvalue weighted by Crippen LogP contribution is 2.20. The van der Waals surface area contributed by atoms with Gasteiger partial charge in [0, 0.05) is 11.6 Å². The number of benzene rings is 1. The van der Waals surface area contributed by atoms with Gasteiger partial charge >= 0.3 is 12.0 Å². The van der Waals surface area contributed by atoms with Crippen molar-refractivity contribution in [3.63, 3.8) is 0 Å². The van der Waals surface area contributed by atoms with Gasteiger partial charge in [0.25, 0.3) is 0 Å². The first-order valence-corrected chi connectivity index (χ1v) is 5.72. The Morgan fingerprint density at radius 3 is 2.74 bits per heavy atom. The maximum Gasteiger partial charge on any atom is 0.325 e. The number of hydrogen-bond acceptors (Lipinski definition) is 3. The molecule has 1 heterocycles. The average Bonchev–Trinajstić information content (AvgIpc) is 2.39. The molecule has 0 saturated carbocycles. The summed E-state index contributed by atoms with van der Waals surface area (Å²) in [5.74, 6) is -1.09. The zero-order valence-electron chi connectivity index (χ0n) is 10.3. The molecule has 2 amide bonds. The van der Waals surface area contributed by atoms with Crippen LogP contribution in [-0.2, 0) is 4.79 Å².